The molecule has 0 radical (unpaired) electrons. The van der Waals surface area contributed by atoms with Crippen molar-refractivity contribution < 1.29 is 28.4 Å². The SMILES string of the molecule is CCOC(OCC)(OCC)C([SiH3])CNCC([SiH3])C(OCC)(OCC)OCC. The minimum absolute atomic E-state index is 0.145. The first kappa shape index (κ1) is 27.2. The lowest BCUT2D eigenvalue weighted by Gasteiger charge is -2.39. The molecule has 0 saturated carbocycles. The van der Waals surface area contributed by atoms with Crippen molar-refractivity contribution in [2.75, 3.05) is 52.7 Å². The van der Waals surface area contributed by atoms with Gasteiger partial charge < -0.3 is 33.7 Å². The summed E-state index contributed by atoms with van der Waals surface area (Å²) in [7, 11) is 1.75. The van der Waals surface area contributed by atoms with E-state index in [-0.39, 0.29) is 11.1 Å². The van der Waals surface area contributed by atoms with Gasteiger partial charge in [-0.05, 0) is 41.5 Å². The van der Waals surface area contributed by atoms with E-state index < -0.39 is 11.9 Å². The van der Waals surface area contributed by atoms with Crippen molar-refractivity contribution >= 4 is 20.5 Å². The molecule has 0 rings (SSSR count). The van der Waals surface area contributed by atoms with Crippen molar-refractivity contribution in [2.24, 2.45) is 0 Å². The molecule has 0 fully saturated rings. The summed E-state index contributed by atoms with van der Waals surface area (Å²) in [6.07, 6.45) is 0. The molecule has 2 unspecified atom stereocenters. The predicted octanol–water partition coefficient (Wildman–Crippen LogP) is 0.410. The first-order valence-corrected chi connectivity index (χ1v) is 12.8. The summed E-state index contributed by atoms with van der Waals surface area (Å²) in [5.41, 5.74) is 0.291. The molecule has 0 aliphatic heterocycles. The second kappa shape index (κ2) is 15.1. The second-order valence-electron chi connectivity index (χ2n) is 6.27. The van der Waals surface area contributed by atoms with Gasteiger partial charge in [0.1, 0.15) is 0 Å². The highest BCUT2D eigenvalue weighted by Gasteiger charge is 2.41. The topological polar surface area (TPSA) is 67.4 Å². The van der Waals surface area contributed by atoms with E-state index in [1.807, 2.05) is 41.5 Å². The number of hydrogen-bond donors (Lipinski definition) is 1. The van der Waals surface area contributed by atoms with Crippen LogP contribution in [0.3, 0.4) is 0 Å². The van der Waals surface area contributed by atoms with Gasteiger partial charge in [0, 0.05) is 84.3 Å². The molecule has 0 aromatic carbocycles. The summed E-state index contributed by atoms with van der Waals surface area (Å²) >= 11 is 0. The van der Waals surface area contributed by atoms with Crippen molar-refractivity contribution in [2.45, 2.75) is 64.6 Å². The third-order valence-corrected chi connectivity index (χ3v) is 6.41. The Kier molecular flexibility index (Phi) is 15.1. The Labute approximate surface area is 172 Å². The maximum atomic E-state index is 5.90. The smallest absolute Gasteiger partial charge is 0.283 e. The monoisotopic (exact) mass is 425 g/mol. The van der Waals surface area contributed by atoms with E-state index in [0.717, 1.165) is 33.6 Å². The fourth-order valence-corrected chi connectivity index (χ4v) is 4.65. The Morgan fingerprint density at radius 1 is 0.556 bits per heavy atom. The van der Waals surface area contributed by atoms with Crippen LogP contribution in [0, 0.1) is 0 Å². The third-order valence-electron chi connectivity index (χ3n) is 4.18. The molecule has 0 aromatic rings. The highest BCUT2D eigenvalue weighted by Crippen LogP contribution is 2.30. The molecule has 0 spiro atoms. The molecule has 0 aromatic heterocycles. The Morgan fingerprint density at radius 3 is 0.963 bits per heavy atom. The van der Waals surface area contributed by atoms with Crippen molar-refractivity contribution in [3.8, 4) is 0 Å². The largest absolute Gasteiger partial charge is 0.328 e. The molecule has 0 aliphatic rings. The van der Waals surface area contributed by atoms with Crippen LogP contribution in [-0.2, 0) is 28.4 Å². The lowest BCUT2D eigenvalue weighted by molar-refractivity contribution is -0.379. The van der Waals surface area contributed by atoms with E-state index in [0.29, 0.717) is 39.6 Å². The van der Waals surface area contributed by atoms with E-state index in [4.69, 9.17) is 28.4 Å². The van der Waals surface area contributed by atoms with E-state index in [1.165, 1.54) is 0 Å². The van der Waals surface area contributed by atoms with Gasteiger partial charge in [0.25, 0.3) is 11.9 Å². The van der Waals surface area contributed by atoms with Crippen molar-refractivity contribution in [3.05, 3.63) is 0 Å². The van der Waals surface area contributed by atoms with Gasteiger partial charge in [0.15, 0.2) is 0 Å². The Balaban J connectivity index is 4.95. The summed E-state index contributed by atoms with van der Waals surface area (Å²) < 4.78 is 35.4. The normalized spacial score (nSPS) is 15.3. The zero-order valence-electron chi connectivity index (χ0n) is 18.8. The van der Waals surface area contributed by atoms with Crippen LogP contribution in [0.5, 0.6) is 0 Å². The van der Waals surface area contributed by atoms with Crippen LogP contribution in [-0.4, -0.2) is 85.2 Å². The summed E-state index contributed by atoms with van der Waals surface area (Å²) in [5, 5.41) is 3.54. The van der Waals surface area contributed by atoms with Gasteiger partial charge in [-0.3, -0.25) is 0 Å². The zero-order valence-corrected chi connectivity index (χ0v) is 22.8. The zero-order chi connectivity index (χ0) is 20.8. The fraction of sp³-hybridized carbons (Fsp3) is 1.00. The first-order valence-electron chi connectivity index (χ1n) is 10.5. The number of nitrogens with one attached hydrogen (secondary N) is 1. The second-order valence-corrected chi connectivity index (χ2v) is 9.05. The molecule has 9 heteroatoms. The standard InChI is InChI=1S/C18H43NO6Si2/c1-7-20-17(21-8-2,22-9-3)15(26)13-19-14-16(27)18(23-10-4,24-11-5)25-12-6/h15-16,19H,7-14H2,1-6,26-27H3. The maximum absolute atomic E-state index is 5.90. The molecular weight excluding hydrogens is 382 g/mol. The van der Waals surface area contributed by atoms with Crippen LogP contribution in [0.25, 0.3) is 0 Å². The molecular formula is C18H43NO6Si2. The first-order chi connectivity index (χ1) is 12.9. The van der Waals surface area contributed by atoms with E-state index >= 15 is 0 Å². The Bertz CT molecular complexity index is 299. The third kappa shape index (κ3) is 8.59. The van der Waals surface area contributed by atoms with Crippen LogP contribution in [0.4, 0.5) is 0 Å². The molecule has 7 nitrogen and oxygen atoms in total. The van der Waals surface area contributed by atoms with Crippen molar-refractivity contribution in [1.29, 1.82) is 0 Å². The molecule has 0 aliphatic carbocycles. The summed E-state index contributed by atoms with van der Waals surface area (Å²) in [6, 6.07) is 0. The minimum atomic E-state index is -0.963. The quantitative estimate of drug-likeness (QED) is 0.252. The van der Waals surface area contributed by atoms with Gasteiger partial charge >= 0.3 is 0 Å². The van der Waals surface area contributed by atoms with Crippen LogP contribution >= 0.6 is 0 Å². The highest BCUT2D eigenvalue weighted by atomic mass is 28.1. The molecule has 27 heavy (non-hydrogen) atoms. The van der Waals surface area contributed by atoms with Gasteiger partial charge in [-0.2, -0.15) is 0 Å². The Hall–Kier alpha value is 0.154. The molecule has 0 bridgehead atoms. The molecule has 0 saturated heterocycles. The van der Waals surface area contributed by atoms with Crippen molar-refractivity contribution in [1.82, 2.24) is 5.32 Å². The summed E-state index contributed by atoms with van der Waals surface area (Å²) in [5.74, 6) is -1.93. The van der Waals surface area contributed by atoms with Crippen LogP contribution in [0.15, 0.2) is 0 Å². The predicted molar refractivity (Wildman–Crippen MR) is 115 cm³/mol. The van der Waals surface area contributed by atoms with Crippen LogP contribution in [0.1, 0.15) is 41.5 Å². The highest BCUT2D eigenvalue weighted by molar-refractivity contribution is 6.13. The molecule has 1 N–H and O–H groups in total. The summed E-state index contributed by atoms with van der Waals surface area (Å²) in [4.78, 5) is 0. The van der Waals surface area contributed by atoms with Crippen LogP contribution in [0.2, 0.25) is 11.1 Å². The fourth-order valence-electron chi connectivity index (χ4n) is 3.08. The maximum Gasteiger partial charge on any atom is 0.283 e. The van der Waals surface area contributed by atoms with Crippen LogP contribution < -0.4 is 5.32 Å². The van der Waals surface area contributed by atoms with Gasteiger partial charge in [-0.1, -0.05) is 0 Å². The average Bonchev–Trinajstić information content (AvgIpc) is 2.62. The molecule has 2 atom stereocenters. The van der Waals surface area contributed by atoms with E-state index in [2.05, 4.69) is 5.32 Å². The van der Waals surface area contributed by atoms with Crippen molar-refractivity contribution in [3.63, 3.8) is 0 Å². The molecule has 0 amide bonds. The number of ether oxygens (including phenoxy) is 6. The van der Waals surface area contributed by atoms with E-state index in [1.54, 1.807) is 0 Å². The number of rotatable bonds is 18. The number of hydrogen-bond acceptors (Lipinski definition) is 7. The lowest BCUT2D eigenvalue weighted by Crippen LogP contribution is -2.50. The minimum Gasteiger partial charge on any atom is -0.328 e. The average molecular weight is 426 g/mol. The van der Waals surface area contributed by atoms with Gasteiger partial charge in [0.2, 0.25) is 0 Å². The van der Waals surface area contributed by atoms with Gasteiger partial charge in [-0.25, -0.2) is 0 Å². The molecule has 164 valence electrons. The summed E-state index contributed by atoms with van der Waals surface area (Å²) in [6.45, 7) is 16.5. The lowest BCUT2D eigenvalue weighted by atomic mass is 10.3. The van der Waals surface area contributed by atoms with E-state index in [9.17, 15) is 0 Å². The Morgan fingerprint density at radius 2 is 0.778 bits per heavy atom. The van der Waals surface area contributed by atoms with Gasteiger partial charge in [0.05, 0.1) is 0 Å². The van der Waals surface area contributed by atoms with Gasteiger partial charge in [-0.15, -0.1) is 0 Å². The molecule has 0 heterocycles.